The summed E-state index contributed by atoms with van der Waals surface area (Å²) in [5.41, 5.74) is 3.45. The largest absolute Gasteiger partial charge is 0.258 e. The SMILES string of the molecule is CC(C)=Nc1ccc(CSc2ccccc2)cc1. The molecular weight excluding hydrogens is 238 g/mol. The third-order valence-corrected chi connectivity index (χ3v) is 3.52. The van der Waals surface area contributed by atoms with Crippen molar-refractivity contribution in [3.8, 4) is 0 Å². The lowest BCUT2D eigenvalue weighted by Gasteiger charge is -2.02. The minimum atomic E-state index is 0.999. The lowest BCUT2D eigenvalue weighted by atomic mass is 10.2. The molecule has 2 aromatic rings. The van der Waals surface area contributed by atoms with E-state index in [1.807, 2.05) is 31.7 Å². The van der Waals surface area contributed by atoms with Gasteiger partial charge in [-0.1, -0.05) is 30.3 Å². The topological polar surface area (TPSA) is 12.4 Å². The Morgan fingerprint density at radius 3 is 2.22 bits per heavy atom. The summed E-state index contributed by atoms with van der Waals surface area (Å²) in [6, 6.07) is 18.9. The Bertz CT molecular complexity index is 511. The van der Waals surface area contributed by atoms with E-state index in [1.54, 1.807) is 0 Å². The summed E-state index contributed by atoms with van der Waals surface area (Å²) in [5.74, 6) is 0.999. The van der Waals surface area contributed by atoms with E-state index >= 15 is 0 Å². The molecule has 0 aliphatic heterocycles. The van der Waals surface area contributed by atoms with Gasteiger partial charge in [0.1, 0.15) is 0 Å². The molecular formula is C16H17NS. The number of nitrogens with zero attached hydrogens (tertiary/aromatic N) is 1. The molecule has 2 rings (SSSR count). The highest BCUT2D eigenvalue weighted by atomic mass is 32.2. The monoisotopic (exact) mass is 255 g/mol. The molecule has 0 N–H and O–H groups in total. The Morgan fingerprint density at radius 2 is 1.61 bits per heavy atom. The smallest absolute Gasteiger partial charge is 0.0628 e. The molecule has 0 atom stereocenters. The van der Waals surface area contributed by atoms with E-state index in [2.05, 4.69) is 53.5 Å². The first-order valence-corrected chi connectivity index (χ1v) is 7.01. The molecule has 18 heavy (non-hydrogen) atoms. The predicted molar refractivity (Wildman–Crippen MR) is 80.9 cm³/mol. The Labute approximate surface area is 113 Å². The maximum atomic E-state index is 4.43. The van der Waals surface area contributed by atoms with Crippen LogP contribution in [0.2, 0.25) is 0 Å². The number of thioether (sulfide) groups is 1. The number of aliphatic imine (C=N–C) groups is 1. The first kappa shape index (κ1) is 12.9. The second-order valence-electron chi connectivity index (χ2n) is 4.33. The number of rotatable bonds is 4. The van der Waals surface area contributed by atoms with Gasteiger partial charge in [0.05, 0.1) is 5.69 Å². The first-order chi connectivity index (χ1) is 8.74. The molecule has 1 nitrogen and oxygen atoms in total. The summed E-state index contributed by atoms with van der Waals surface area (Å²) < 4.78 is 0. The number of benzene rings is 2. The van der Waals surface area contributed by atoms with Crippen molar-refractivity contribution in [3.63, 3.8) is 0 Å². The van der Waals surface area contributed by atoms with Crippen LogP contribution < -0.4 is 0 Å². The van der Waals surface area contributed by atoms with Gasteiger partial charge < -0.3 is 0 Å². The minimum Gasteiger partial charge on any atom is -0.258 e. The fourth-order valence-corrected chi connectivity index (χ4v) is 2.48. The number of hydrogen-bond donors (Lipinski definition) is 0. The van der Waals surface area contributed by atoms with E-state index in [9.17, 15) is 0 Å². The average molecular weight is 255 g/mol. The van der Waals surface area contributed by atoms with Crippen LogP contribution in [0.1, 0.15) is 19.4 Å². The van der Waals surface area contributed by atoms with Crippen molar-refractivity contribution in [1.29, 1.82) is 0 Å². The molecule has 0 radical (unpaired) electrons. The fraction of sp³-hybridized carbons (Fsp3) is 0.188. The van der Waals surface area contributed by atoms with Crippen LogP contribution in [0.4, 0.5) is 5.69 Å². The van der Waals surface area contributed by atoms with Crippen molar-refractivity contribution < 1.29 is 0 Å². The molecule has 0 aliphatic rings. The van der Waals surface area contributed by atoms with Crippen molar-refractivity contribution in [3.05, 3.63) is 60.2 Å². The molecule has 0 spiro atoms. The van der Waals surface area contributed by atoms with E-state index in [0.717, 1.165) is 17.2 Å². The Hall–Kier alpha value is -1.54. The molecule has 0 aliphatic carbocycles. The van der Waals surface area contributed by atoms with Crippen LogP contribution in [0, 0.1) is 0 Å². The molecule has 0 fully saturated rings. The maximum Gasteiger partial charge on any atom is 0.0628 e. The zero-order chi connectivity index (χ0) is 12.8. The summed E-state index contributed by atoms with van der Waals surface area (Å²) in [5, 5.41) is 0. The highest BCUT2D eigenvalue weighted by Crippen LogP contribution is 2.23. The Morgan fingerprint density at radius 1 is 0.944 bits per heavy atom. The normalized spacial score (nSPS) is 10.1. The van der Waals surface area contributed by atoms with Gasteiger partial charge in [0.2, 0.25) is 0 Å². The van der Waals surface area contributed by atoms with Crippen LogP contribution in [0.15, 0.2) is 64.5 Å². The van der Waals surface area contributed by atoms with Crippen LogP contribution in [-0.4, -0.2) is 5.71 Å². The van der Waals surface area contributed by atoms with Crippen molar-refractivity contribution in [2.45, 2.75) is 24.5 Å². The summed E-state index contributed by atoms with van der Waals surface area (Å²) in [6.45, 7) is 4.03. The van der Waals surface area contributed by atoms with Gasteiger partial charge in [-0.25, -0.2) is 0 Å². The van der Waals surface area contributed by atoms with Crippen LogP contribution in [0.3, 0.4) is 0 Å². The van der Waals surface area contributed by atoms with Crippen molar-refractivity contribution in [1.82, 2.24) is 0 Å². The quantitative estimate of drug-likeness (QED) is 0.547. The molecule has 0 saturated heterocycles. The van der Waals surface area contributed by atoms with Gasteiger partial charge >= 0.3 is 0 Å². The Balaban J connectivity index is 1.97. The molecule has 0 bridgehead atoms. The van der Waals surface area contributed by atoms with E-state index in [1.165, 1.54) is 10.5 Å². The Kier molecular flexibility index (Phi) is 4.59. The predicted octanol–water partition coefficient (Wildman–Crippen LogP) is 5.09. The molecule has 0 aromatic heterocycles. The summed E-state index contributed by atoms with van der Waals surface area (Å²) in [6.07, 6.45) is 0. The second kappa shape index (κ2) is 6.41. The van der Waals surface area contributed by atoms with E-state index < -0.39 is 0 Å². The highest BCUT2D eigenvalue weighted by Gasteiger charge is 1.96. The van der Waals surface area contributed by atoms with Gasteiger partial charge in [0.25, 0.3) is 0 Å². The summed E-state index contributed by atoms with van der Waals surface area (Å²) in [7, 11) is 0. The van der Waals surface area contributed by atoms with E-state index in [-0.39, 0.29) is 0 Å². The lowest BCUT2D eigenvalue weighted by molar-refractivity contribution is 1.37. The molecule has 2 heteroatoms. The van der Waals surface area contributed by atoms with E-state index in [0.29, 0.717) is 0 Å². The number of hydrogen-bond acceptors (Lipinski definition) is 2. The summed E-state index contributed by atoms with van der Waals surface area (Å²) in [4.78, 5) is 5.74. The van der Waals surface area contributed by atoms with Gasteiger partial charge in [-0.15, -0.1) is 11.8 Å². The van der Waals surface area contributed by atoms with Crippen LogP contribution in [-0.2, 0) is 5.75 Å². The van der Waals surface area contributed by atoms with Crippen LogP contribution in [0.25, 0.3) is 0 Å². The highest BCUT2D eigenvalue weighted by molar-refractivity contribution is 7.98. The molecule has 0 amide bonds. The van der Waals surface area contributed by atoms with E-state index in [4.69, 9.17) is 0 Å². The van der Waals surface area contributed by atoms with Crippen molar-refractivity contribution >= 4 is 23.2 Å². The standard InChI is InChI=1S/C16H17NS/c1-13(2)17-15-10-8-14(9-11-15)12-18-16-6-4-3-5-7-16/h3-11H,12H2,1-2H3. The van der Waals surface area contributed by atoms with Gasteiger partial charge in [0.15, 0.2) is 0 Å². The molecule has 0 heterocycles. The average Bonchev–Trinajstić information content (AvgIpc) is 2.38. The van der Waals surface area contributed by atoms with Gasteiger partial charge in [-0.05, 0) is 43.7 Å². The second-order valence-corrected chi connectivity index (χ2v) is 5.38. The van der Waals surface area contributed by atoms with Crippen LogP contribution in [0.5, 0.6) is 0 Å². The molecule has 0 saturated carbocycles. The van der Waals surface area contributed by atoms with Gasteiger partial charge in [-0.2, -0.15) is 0 Å². The molecule has 92 valence electrons. The first-order valence-electron chi connectivity index (χ1n) is 6.03. The van der Waals surface area contributed by atoms with Crippen molar-refractivity contribution in [2.75, 3.05) is 0 Å². The fourth-order valence-electron chi connectivity index (χ4n) is 1.61. The summed E-state index contributed by atoms with van der Waals surface area (Å²) >= 11 is 1.86. The zero-order valence-corrected chi connectivity index (χ0v) is 11.6. The van der Waals surface area contributed by atoms with Gasteiger partial charge in [-0.3, -0.25) is 4.99 Å². The van der Waals surface area contributed by atoms with Crippen LogP contribution >= 0.6 is 11.8 Å². The minimum absolute atomic E-state index is 0.999. The third-order valence-electron chi connectivity index (χ3n) is 2.44. The third kappa shape index (κ3) is 4.04. The zero-order valence-electron chi connectivity index (χ0n) is 10.8. The molecule has 0 unspecified atom stereocenters. The molecule has 2 aromatic carbocycles. The maximum absolute atomic E-state index is 4.43. The lowest BCUT2D eigenvalue weighted by Crippen LogP contribution is -1.81. The van der Waals surface area contributed by atoms with Gasteiger partial charge in [0, 0.05) is 16.4 Å². The van der Waals surface area contributed by atoms with Crippen molar-refractivity contribution in [2.24, 2.45) is 4.99 Å².